The highest BCUT2D eigenvalue weighted by molar-refractivity contribution is 5.27. The minimum atomic E-state index is -0.0187. The Labute approximate surface area is 100 Å². The van der Waals surface area contributed by atoms with Gasteiger partial charge in [0.25, 0.3) is 0 Å². The molecule has 0 aliphatic carbocycles. The van der Waals surface area contributed by atoms with Crippen LogP contribution in [0.1, 0.15) is 18.6 Å². The van der Waals surface area contributed by atoms with Crippen molar-refractivity contribution in [3.8, 4) is 5.75 Å². The van der Waals surface area contributed by atoms with Crippen LogP contribution in [0.3, 0.4) is 0 Å². The zero-order chi connectivity index (χ0) is 12.1. The lowest BCUT2D eigenvalue weighted by molar-refractivity contribution is 0.0497. The molecule has 0 bridgehead atoms. The highest BCUT2D eigenvalue weighted by Crippen LogP contribution is 2.21. The Morgan fingerprint density at radius 1 is 1.35 bits per heavy atom. The van der Waals surface area contributed by atoms with Crippen LogP contribution in [0.25, 0.3) is 0 Å². The van der Waals surface area contributed by atoms with Crippen LogP contribution in [0.4, 0.5) is 0 Å². The summed E-state index contributed by atoms with van der Waals surface area (Å²) in [6.45, 7) is 3.35. The third-order valence-electron chi connectivity index (χ3n) is 2.57. The van der Waals surface area contributed by atoms with E-state index in [1.165, 1.54) is 0 Å². The van der Waals surface area contributed by atoms with Gasteiger partial charge in [-0.05, 0) is 24.6 Å². The molecule has 4 nitrogen and oxygen atoms in total. The molecule has 0 saturated heterocycles. The van der Waals surface area contributed by atoms with Crippen molar-refractivity contribution in [2.24, 2.45) is 0 Å². The van der Waals surface area contributed by atoms with Crippen LogP contribution in [0.15, 0.2) is 43.0 Å². The van der Waals surface area contributed by atoms with Gasteiger partial charge in [0.15, 0.2) is 0 Å². The molecule has 0 aliphatic heterocycles. The number of benzene rings is 1. The Morgan fingerprint density at radius 2 is 2.12 bits per heavy atom. The lowest BCUT2D eigenvalue weighted by Gasteiger charge is -2.18. The van der Waals surface area contributed by atoms with Gasteiger partial charge in [-0.15, -0.1) is 0 Å². The lowest BCUT2D eigenvalue weighted by Crippen LogP contribution is -2.11. The summed E-state index contributed by atoms with van der Waals surface area (Å²) < 4.78 is 7.69. The molecule has 1 aromatic heterocycles. The number of hydrogen-bond acceptors (Lipinski definition) is 3. The smallest absolute Gasteiger partial charge is 0.115 e. The van der Waals surface area contributed by atoms with Gasteiger partial charge in [0, 0.05) is 19.0 Å². The molecule has 0 fully saturated rings. The summed E-state index contributed by atoms with van der Waals surface area (Å²) in [4.78, 5) is 4.01. The van der Waals surface area contributed by atoms with E-state index in [2.05, 4.69) is 4.98 Å². The van der Waals surface area contributed by atoms with Crippen LogP contribution in [0, 0.1) is 0 Å². The highest BCUT2D eigenvalue weighted by Gasteiger charge is 2.11. The molecule has 17 heavy (non-hydrogen) atoms. The second-order valence-electron chi connectivity index (χ2n) is 3.79. The number of rotatable bonds is 5. The number of phenolic OH excluding ortho intramolecular Hbond substituents is 1. The fourth-order valence-corrected chi connectivity index (χ4v) is 1.73. The van der Waals surface area contributed by atoms with E-state index in [1.54, 1.807) is 24.7 Å². The van der Waals surface area contributed by atoms with Crippen LogP contribution in [-0.2, 0) is 11.3 Å². The first kappa shape index (κ1) is 11.7. The first-order chi connectivity index (χ1) is 8.29. The average Bonchev–Trinajstić information content (AvgIpc) is 2.82. The largest absolute Gasteiger partial charge is 0.508 e. The fraction of sp³-hybridized carbons (Fsp3) is 0.308. The van der Waals surface area contributed by atoms with Crippen LogP contribution in [0.5, 0.6) is 5.75 Å². The highest BCUT2D eigenvalue weighted by atomic mass is 16.5. The number of imidazole rings is 1. The molecule has 0 aliphatic rings. The molecule has 0 spiro atoms. The Morgan fingerprint density at radius 3 is 2.71 bits per heavy atom. The molecule has 1 N–H and O–H groups in total. The van der Waals surface area contributed by atoms with Crippen LogP contribution in [-0.4, -0.2) is 21.3 Å². The van der Waals surface area contributed by atoms with E-state index in [1.807, 2.05) is 29.8 Å². The van der Waals surface area contributed by atoms with E-state index in [-0.39, 0.29) is 11.9 Å². The van der Waals surface area contributed by atoms with Gasteiger partial charge < -0.3 is 14.4 Å². The SMILES string of the molecule is CCOC(Cn1ccnc1)c1ccc(O)cc1. The quantitative estimate of drug-likeness (QED) is 0.860. The predicted octanol–water partition coefficient (Wildman–Crippen LogP) is 2.37. The summed E-state index contributed by atoms with van der Waals surface area (Å²) in [5.74, 6) is 0.270. The standard InChI is InChI=1S/C13H16N2O2/c1-2-17-13(9-15-8-7-14-10-15)11-3-5-12(16)6-4-11/h3-8,10,13,16H,2,9H2,1H3. The maximum absolute atomic E-state index is 9.27. The van der Waals surface area contributed by atoms with Crippen molar-refractivity contribution < 1.29 is 9.84 Å². The summed E-state index contributed by atoms with van der Waals surface area (Å²) >= 11 is 0. The van der Waals surface area contributed by atoms with Gasteiger partial charge in [-0.3, -0.25) is 0 Å². The third-order valence-corrected chi connectivity index (χ3v) is 2.57. The molecule has 0 amide bonds. The summed E-state index contributed by atoms with van der Waals surface area (Å²) in [5, 5.41) is 9.27. The second-order valence-corrected chi connectivity index (χ2v) is 3.79. The number of phenols is 1. The van der Waals surface area contributed by atoms with Crippen molar-refractivity contribution in [2.45, 2.75) is 19.6 Å². The van der Waals surface area contributed by atoms with Crippen molar-refractivity contribution in [1.82, 2.24) is 9.55 Å². The number of hydrogen-bond donors (Lipinski definition) is 1. The second kappa shape index (κ2) is 5.50. The Bertz CT molecular complexity index is 437. The van der Waals surface area contributed by atoms with E-state index in [0.717, 1.165) is 12.1 Å². The van der Waals surface area contributed by atoms with Crippen molar-refractivity contribution in [3.05, 3.63) is 48.5 Å². The predicted molar refractivity (Wildman–Crippen MR) is 64.7 cm³/mol. The van der Waals surface area contributed by atoms with Gasteiger partial charge in [-0.25, -0.2) is 4.98 Å². The van der Waals surface area contributed by atoms with Crippen molar-refractivity contribution in [1.29, 1.82) is 0 Å². The number of aromatic nitrogens is 2. The molecule has 1 atom stereocenters. The van der Waals surface area contributed by atoms with Gasteiger partial charge in [0.1, 0.15) is 11.9 Å². The molecule has 0 radical (unpaired) electrons. The van der Waals surface area contributed by atoms with Gasteiger partial charge in [0.2, 0.25) is 0 Å². The summed E-state index contributed by atoms with van der Waals surface area (Å²) in [5.41, 5.74) is 1.05. The van der Waals surface area contributed by atoms with E-state index in [0.29, 0.717) is 6.61 Å². The summed E-state index contributed by atoms with van der Waals surface area (Å²) in [7, 11) is 0. The first-order valence-corrected chi connectivity index (χ1v) is 5.66. The molecular weight excluding hydrogens is 216 g/mol. The molecule has 90 valence electrons. The molecule has 1 unspecified atom stereocenters. The summed E-state index contributed by atoms with van der Waals surface area (Å²) in [6, 6.07) is 7.11. The Hall–Kier alpha value is -1.81. The number of ether oxygens (including phenoxy) is 1. The van der Waals surface area contributed by atoms with Gasteiger partial charge >= 0.3 is 0 Å². The molecule has 4 heteroatoms. The fourth-order valence-electron chi connectivity index (χ4n) is 1.73. The molecule has 1 heterocycles. The molecule has 2 aromatic rings. The van der Waals surface area contributed by atoms with Crippen LogP contribution in [0.2, 0.25) is 0 Å². The van der Waals surface area contributed by atoms with Crippen molar-refractivity contribution in [2.75, 3.05) is 6.61 Å². The summed E-state index contributed by atoms with van der Waals surface area (Å²) in [6.07, 6.45) is 5.41. The van der Waals surface area contributed by atoms with E-state index >= 15 is 0 Å². The first-order valence-electron chi connectivity index (χ1n) is 5.66. The average molecular weight is 232 g/mol. The molecule has 0 saturated carbocycles. The maximum atomic E-state index is 9.27. The number of aromatic hydroxyl groups is 1. The van der Waals surface area contributed by atoms with E-state index in [4.69, 9.17) is 4.74 Å². The van der Waals surface area contributed by atoms with Crippen molar-refractivity contribution in [3.63, 3.8) is 0 Å². The van der Waals surface area contributed by atoms with Crippen LogP contribution >= 0.6 is 0 Å². The third kappa shape index (κ3) is 3.07. The number of nitrogens with zero attached hydrogens (tertiary/aromatic N) is 2. The Kier molecular flexibility index (Phi) is 3.77. The monoisotopic (exact) mass is 232 g/mol. The van der Waals surface area contributed by atoms with Gasteiger partial charge in [-0.2, -0.15) is 0 Å². The molecule has 2 rings (SSSR count). The molecular formula is C13H16N2O2. The normalized spacial score (nSPS) is 12.5. The minimum Gasteiger partial charge on any atom is -0.508 e. The van der Waals surface area contributed by atoms with Crippen molar-refractivity contribution >= 4 is 0 Å². The molecule has 1 aromatic carbocycles. The lowest BCUT2D eigenvalue weighted by atomic mass is 10.1. The van der Waals surface area contributed by atoms with E-state index in [9.17, 15) is 5.11 Å². The van der Waals surface area contributed by atoms with E-state index < -0.39 is 0 Å². The zero-order valence-corrected chi connectivity index (χ0v) is 9.78. The Balaban J connectivity index is 2.13. The zero-order valence-electron chi connectivity index (χ0n) is 9.78. The van der Waals surface area contributed by atoms with Crippen LogP contribution < -0.4 is 0 Å². The maximum Gasteiger partial charge on any atom is 0.115 e. The van der Waals surface area contributed by atoms with Gasteiger partial charge in [0.05, 0.1) is 12.9 Å². The van der Waals surface area contributed by atoms with Gasteiger partial charge in [-0.1, -0.05) is 12.1 Å². The topological polar surface area (TPSA) is 47.3 Å². The minimum absolute atomic E-state index is 0.0187.